The summed E-state index contributed by atoms with van der Waals surface area (Å²) in [4.78, 5) is 7.42. The van der Waals surface area contributed by atoms with Crippen LogP contribution in [0.1, 0.15) is 38.2 Å². The van der Waals surface area contributed by atoms with Crippen molar-refractivity contribution < 1.29 is 9.47 Å². The highest BCUT2D eigenvalue weighted by Gasteiger charge is 2.22. The molecule has 0 aromatic heterocycles. The molecule has 2 saturated heterocycles. The zero-order valence-corrected chi connectivity index (χ0v) is 18.7. The number of nitrogens with one attached hydrogen (secondary N) is 2. The summed E-state index contributed by atoms with van der Waals surface area (Å²) >= 11 is 0. The summed E-state index contributed by atoms with van der Waals surface area (Å²) in [6, 6.07) is 10.8. The number of hydrogen-bond acceptors (Lipinski definition) is 4. The van der Waals surface area contributed by atoms with Crippen LogP contribution in [0.25, 0.3) is 0 Å². The van der Waals surface area contributed by atoms with Crippen LogP contribution in [0.15, 0.2) is 35.3 Å². The fourth-order valence-corrected chi connectivity index (χ4v) is 4.13. The number of hydrogen-bond donors (Lipinski definition) is 2. The predicted molar refractivity (Wildman–Crippen MR) is 123 cm³/mol. The Kier molecular flexibility index (Phi) is 10.5. The van der Waals surface area contributed by atoms with Crippen LogP contribution in [0.2, 0.25) is 0 Å². The third-order valence-corrected chi connectivity index (χ3v) is 5.87. The molecule has 0 saturated carbocycles. The largest absolute Gasteiger partial charge is 0.379 e. The molecule has 0 bridgehead atoms. The summed E-state index contributed by atoms with van der Waals surface area (Å²) in [6.45, 7) is 10.7. The summed E-state index contributed by atoms with van der Waals surface area (Å²) < 4.78 is 11.3. The van der Waals surface area contributed by atoms with Crippen LogP contribution in [0.4, 0.5) is 0 Å². The molecule has 168 valence electrons. The van der Waals surface area contributed by atoms with Crippen LogP contribution in [-0.4, -0.2) is 76.1 Å². The van der Waals surface area contributed by atoms with Crippen LogP contribution in [0, 0.1) is 5.92 Å². The molecule has 6 heteroatoms. The quantitative estimate of drug-likeness (QED) is 0.312. The Morgan fingerprint density at radius 1 is 1.23 bits per heavy atom. The number of benzene rings is 1. The van der Waals surface area contributed by atoms with Crippen molar-refractivity contribution in [1.29, 1.82) is 0 Å². The Hall–Kier alpha value is -1.63. The standard InChI is InChI=1S/C24H40N4O2/c1-2-25-24(26-13-7-16-29-20-23-10-6-17-30-23)27-18-22-12-15-28(19-22)14-11-21-8-4-3-5-9-21/h3-5,8-9,22-23H,2,6-7,10-20H2,1H3,(H2,25,26,27). The van der Waals surface area contributed by atoms with E-state index in [9.17, 15) is 0 Å². The minimum atomic E-state index is 0.315. The Balaban J connectivity index is 1.28. The third kappa shape index (κ3) is 8.62. The lowest BCUT2D eigenvalue weighted by molar-refractivity contribution is 0.0168. The van der Waals surface area contributed by atoms with Crippen molar-refractivity contribution in [1.82, 2.24) is 15.5 Å². The van der Waals surface area contributed by atoms with Crippen LogP contribution in [0.5, 0.6) is 0 Å². The number of nitrogens with zero attached hydrogens (tertiary/aromatic N) is 2. The maximum absolute atomic E-state index is 5.74. The van der Waals surface area contributed by atoms with Gasteiger partial charge in [0, 0.05) is 45.9 Å². The van der Waals surface area contributed by atoms with Crippen LogP contribution < -0.4 is 10.6 Å². The van der Waals surface area contributed by atoms with E-state index in [1.807, 2.05) is 0 Å². The van der Waals surface area contributed by atoms with E-state index in [0.29, 0.717) is 12.0 Å². The average molecular weight is 417 g/mol. The van der Waals surface area contributed by atoms with Crippen molar-refractivity contribution in [3.8, 4) is 0 Å². The zero-order valence-electron chi connectivity index (χ0n) is 18.7. The lowest BCUT2D eigenvalue weighted by Crippen LogP contribution is -2.38. The van der Waals surface area contributed by atoms with Gasteiger partial charge in [-0.25, -0.2) is 0 Å². The van der Waals surface area contributed by atoms with Crippen LogP contribution >= 0.6 is 0 Å². The molecule has 2 unspecified atom stereocenters. The van der Waals surface area contributed by atoms with Crippen molar-refractivity contribution in [3.05, 3.63) is 35.9 Å². The molecule has 2 heterocycles. The number of likely N-dealkylation sites (tertiary alicyclic amines) is 1. The van der Waals surface area contributed by atoms with E-state index in [0.717, 1.165) is 77.8 Å². The smallest absolute Gasteiger partial charge is 0.191 e. The second kappa shape index (κ2) is 13.6. The van der Waals surface area contributed by atoms with E-state index < -0.39 is 0 Å². The first-order valence-corrected chi connectivity index (χ1v) is 11.8. The first kappa shape index (κ1) is 23.0. The highest BCUT2D eigenvalue weighted by molar-refractivity contribution is 5.79. The molecule has 2 fully saturated rings. The van der Waals surface area contributed by atoms with Gasteiger partial charge in [0.25, 0.3) is 0 Å². The Bertz CT molecular complexity index is 604. The Morgan fingerprint density at radius 2 is 2.13 bits per heavy atom. The lowest BCUT2D eigenvalue weighted by Gasteiger charge is -2.16. The monoisotopic (exact) mass is 416 g/mol. The molecule has 0 amide bonds. The maximum Gasteiger partial charge on any atom is 0.191 e. The number of aliphatic imine (C=N–C) groups is 1. The van der Waals surface area contributed by atoms with Crippen LogP contribution in [0.3, 0.4) is 0 Å². The molecule has 0 spiro atoms. The number of ether oxygens (including phenoxy) is 2. The van der Waals surface area contributed by atoms with Gasteiger partial charge in [-0.05, 0) is 57.1 Å². The lowest BCUT2D eigenvalue weighted by atomic mass is 10.1. The van der Waals surface area contributed by atoms with E-state index in [2.05, 4.69) is 52.8 Å². The molecule has 2 aliphatic heterocycles. The molecular weight excluding hydrogens is 376 g/mol. The van der Waals surface area contributed by atoms with Crippen LogP contribution in [-0.2, 0) is 15.9 Å². The fourth-order valence-electron chi connectivity index (χ4n) is 4.13. The second-order valence-electron chi connectivity index (χ2n) is 8.40. The van der Waals surface area contributed by atoms with E-state index in [1.165, 1.54) is 24.9 Å². The molecule has 2 N–H and O–H groups in total. The zero-order chi connectivity index (χ0) is 20.9. The summed E-state index contributed by atoms with van der Waals surface area (Å²) in [5, 5.41) is 6.81. The summed E-state index contributed by atoms with van der Waals surface area (Å²) in [5.74, 6) is 1.59. The van der Waals surface area contributed by atoms with Gasteiger partial charge in [0.2, 0.25) is 0 Å². The van der Waals surface area contributed by atoms with E-state index in [-0.39, 0.29) is 0 Å². The minimum Gasteiger partial charge on any atom is -0.379 e. The van der Waals surface area contributed by atoms with Gasteiger partial charge in [-0.15, -0.1) is 0 Å². The van der Waals surface area contributed by atoms with Gasteiger partial charge < -0.3 is 25.0 Å². The molecule has 3 rings (SSSR count). The maximum atomic E-state index is 5.74. The Labute approximate surface area is 182 Å². The first-order valence-electron chi connectivity index (χ1n) is 11.8. The molecule has 6 nitrogen and oxygen atoms in total. The number of rotatable bonds is 12. The van der Waals surface area contributed by atoms with Crippen molar-refractivity contribution in [2.45, 2.75) is 45.1 Å². The predicted octanol–water partition coefficient (Wildman–Crippen LogP) is 2.69. The van der Waals surface area contributed by atoms with Gasteiger partial charge in [0.1, 0.15) is 0 Å². The Morgan fingerprint density at radius 3 is 2.93 bits per heavy atom. The fraction of sp³-hybridized carbons (Fsp3) is 0.708. The molecule has 0 radical (unpaired) electrons. The molecule has 1 aromatic carbocycles. The topological polar surface area (TPSA) is 58.1 Å². The van der Waals surface area contributed by atoms with Gasteiger partial charge >= 0.3 is 0 Å². The van der Waals surface area contributed by atoms with E-state index in [4.69, 9.17) is 14.5 Å². The normalized spacial score (nSPS) is 22.5. The number of guanidine groups is 1. The molecule has 2 aliphatic rings. The van der Waals surface area contributed by atoms with Gasteiger partial charge in [0.05, 0.1) is 12.7 Å². The van der Waals surface area contributed by atoms with Gasteiger partial charge in [-0.2, -0.15) is 0 Å². The van der Waals surface area contributed by atoms with E-state index in [1.54, 1.807) is 0 Å². The first-order chi connectivity index (χ1) is 14.8. The van der Waals surface area contributed by atoms with Gasteiger partial charge in [-0.1, -0.05) is 30.3 Å². The molecular formula is C24H40N4O2. The average Bonchev–Trinajstić information content (AvgIpc) is 3.45. The molecule has 30 heavy (non-hydrogen) atoms. The van der Waals surface area contributed by atoms with Crippen molar-refractivity contribution in [2.75, 3.05) is 59.1 Å². The summed E-state index contributed by atoms with van der Waals surface area (Å²) in [5.41, 5.74) is 1.43. The van der Waals surface area contributed by atoms with Crippen molar-refractivity contribution in [3.63, 3.8) is 0 Å². The molecule has 0 aliphatic carbocycles. The SMILES string of the molecule is CCNC(=NCC1CCN(CCc2ccccc2)C1)NCCCOCC1CCCO1. The summed E-state index contributed by atoms with van der Waals surface area (Å²) in [6.07, 6.45) is 5.98. The minimum absolute atomic E-state index is 0.315. The highest BCUT2D eigenvalue weighted by atomic mass is 16.5. The highest BCUT2D eigenvalue weighted by Crippen LogP contribution is 2.17. The molecule has 1 aromatic rings. The van der Waals surface area contributed by atoms with Crippen molar-refractivity contribution >= 4 is 5.96 Å². The van der Waals surface area contributed by atoms with Gasteiger partial charge in [0.15, 0.2) is 5.96 Å². The molecule has 2 atom stereocenters. The van der Waals surface area contributed by atoms with E-state index >= 15 is 0 Å². The third-order valence-electron chi connectivity index (χ3n) is 5.87. The van der Waals surface area contributed by atoms with Gasteiger partial charge in [-0.3, -0.25) is 4.99 Å². The summed E-state index contributed by atoms with van der Waals surface area (Å²) in [7, 11) is 0. The van der Waals surface area contributed by atoms with Crippen molar-refractivity contribution in [2.24, 2.45) is 10.9 Å². The second-order valence-corrected chi connectivity index (χ2v) is 8.40.